The number of nitrogens with zero attached hydrogens (tertiary/aromatic N) is 4. The van der Waals surface area contributed by atoms with Gasteiger partial charge in [-0.2, -0.15) is 0 Å². The predicted molar refractivity (Wildman–Crippen MR) is 98.5 cm³/mol. The minimum Gasteiger partial charge on any atom is -0.342 e. The molecular formula is C20H15F2N5O. The van der Waals surface area contributed by atoms with Crippen molar-refractivity contribution in [2.45, 2.75) is 13.0 Å². The number of carbonyl (C=O) groups is 1. The standard InChI is InChI=1S/C20H15F2N5O/c1-12(24-20(28)14-7-3-5-9-16(14)22)19-25-18-10-17(23-11-27(18)26-19)13-6-2-4-8-15(13)21/h2-12H,1H3,(H,24,28)/t12-/m1/s1. The highest BCUT2D eigenvalue weighted by Crippen LogP contribution is 2.21. The highest BCUT2D eigenvalue weighted by atomic mass is 19.1. The molecule has 2 heterocycles. The fraction of sp³-hybridized carbons (Fsp3) is 0.100. The fourth-order valence-corrected chi connectivity index (χ4v) is 2.80. The number of hydrogen-bond donors (Lipinski definition) is 1. The molecule has 4 aromatic rings. The Morgan fingerprint density at radius 2 is 1.79 bits per heavy atom. The first-order valence-electron chi connectivity index (χ1n) is 8.55. The molecule has 0 fully saturated rings. The second kappa shape index (κ2) is 7.15. The lowest BCUT2D eigenvalue weighted by Gasteiger charge is -2.10. The topological polar surface area (TPSA) is 72.2 Å². The summed E-state index contributed by atoms with van der Waals surface area (Å²) in [6.07, 6.45) is 1.43. The Bertz CT molecular complexity index is 1170. The number of amides is 1. The summed E-state index contributed by atoms with van der Waals surface area (Å²) in [6.45, 7) is 1.69. The van der Waals surface area contributed by atoms with Crippen molar-refractivity contribution in [1.82, 2.24) is 24.9 Å². The number of nitrogens with one attached hydrogen (secondary N) is 1. The van der Waals surface area contributed by atoms with Crippen molar-refractivity contribution < 1.29 is 13.6 Å². The smallest absolute Gasteiger partial charge is 0.254 e. The predicted octanol–water partition coefficient (Wildman–Crippen LogP) is 3.56. The molecule has 1 atom stereocenters. The second-order valence-electron chi connectivity index (χ2n) is 6.20. The van der Waals surface area contributed by atoms with Crippen LogP contribution in [0.4, 0.5) is 8.78 Å². The summed E-state index contributed by atoms with van der Waals surface area (Å²) < 4.78 is 29.2. The minimum atomic E-state index is -0.603. The van der Waals surface area contributed by atoms with Crippen molar-refractivity contribution >= 4 is 11.6 Å². The molecule has 0 spiro atoms. The van der Waals surface area contributed by atoms with Crippen LogP contribution in [0.1, 0.15) is 29.1 Å². The van der Waals surface area contributed by atoms with Crippen LogP contribution in [0.25, 0.3) is 16.9 Å². The van der Waals surface area contributed by atoms with Gasteiger partial charge in [-0.3, -0.25) is 4.79 Å². The van der Waals surface area contributed by atoms with Gasteiger partial charge in [0.1, 0.15) is 18.0 Å². The van der Waals surface area contributed by atoms with Gasteiger partial charge in [-0.05, 0) is 31.2 Å². The van der Waals surface area contributed by atoms with E-state index in [2.05, 4.69) is 20.4 Å². The third-order valence-electron chi connectivity index (χ3n) is 4.25. The molecule has 0 radical (unpaired) electrons. The molecule has 2 aromatic carbocycles. The molecule has 6 nitrogen and oxygen atoms in total. The van der Waals surface area contributed by atoms with Gasteiger partial charge in [0.2, 0.25) is 0 Å². The van der Waals surface area contributed by atoms with Crippen LogP contribution in [-0.2, 0) is 0 Å². The number of halogens is 2. The number of benzene rings is 2. The molecule has 4 rings (SSSR count). The SMILES string of the molecule is C[C@@H](NC(=O)c1ccccc1F)c1nc2cc(-c3ccccc3F)ncn2n1. The molecule has 0 unspecified atom stereocenters. The fourth-order valence-electron chi connectivity index (χ4n) is 2.80. The largest absolute Gasteiger partial charge is 0.342 e. The maximum absolute atomic E-state index is 14.0. The third kappa shape index (κ3) is 3.32. The number of hydrogen-bond acceptors (Lipinski definition) is 4. The zero-order valence-electron chi connectivity index (χ0n) is 14.8. The van der Waals surface area contributed by atoms with Gasteiger partial charge in [-0.15, -0.1) is 5.10 Å². The number of aromatic nitrogens is 4. The molecule has 1 N–H and O–H groups in total. The van der Waals surface area contributed by atoms with Crippen LogP contribution >= 0.6 is 0 Å². The van der Waals surface area contributed by atoms with E-state index < -0.39 is 17.8 Å². The average molecular weight is 379 g/mol. The maximum Gasteiger partial charge on any atom is 0.254 e. The van der Waals surface area contributed by atoms with Crippen LogP contribution in [0, 0.1) is 11.6 Å². The summed E-state index contributed by atoms with van der Waals surface area (Å²) in [6, 6.07) is 13.1. The molecular weight excluding hydrogens is 364 g/mol. The Morgan fingerprint density at radius 3 is 2.54 bits per heavy atom. The molecule has 2 aromatic heterocycles. The normalized spacial score (nSPS) is 12.1. The second-order valence-corrected chi connectivity index (χ2v) is 6.20. The highest BCUT2D eigenvalue weighted by molar-refractivity contribution is 5.94. The lowest BCUT2D eigenvalue weighted by molar-refractivity contribution is 0.0934. The zero-order chi connectivity index (χ0) is 19.7. The van der Waals surface area contributed by atoms with E-state index in [1.807, 2.05) is 0 Å². The molecule has 1 amide bonds. The van der Waals surface area contributed by atoms with Crippen molar-refractivity contribution in [3.8, 4) is 11.3 Å². The van der Waals surface area contributed by atoms with E-state index in [0.717, 1.165) is 0 Å². The van der Waals surface area contributed by atoms with Crippen LogP contribution in [0.3, 0.4) is 0 Å². The Hall–Kier alpha value is -3.68. The van der Waals surface area contributed by atoms with E-state index in [1.165, 1.54) is 35.1 Å². The molecule has 140 valence electrons. The minimum absolute atomic E-state index is 0.0541. The quantitative estimate of drug-likeness (QED) is 0.589. The van der Waals surface area contributed by atoms with Crippen molar-refractivity contribution in [2.24, 2.45) is 0 Å². The first-order valence-corrected chi connectivity index (χ1v) is 8.55. The van der Waals surface area contributed by atoms with Crippen LogP contribution < -0.4 is 5.32 Å². The molecule has 8 heteroatoms. The molecule has 28 heavy (non-hydrogen) atoms. The number of rotatable bonds is 4. The van der Waals surface area contributed by atoms with Gasteiger partial charge < -0.3 is 5.32 Å². The monoisotopic (exact) mass is 379 g/mol. The first-order chi connectivity index (χ1) is 13.5. The van der Waals surface area contributed by atoms with Gasteiger partial charge in [-0.25, -0.2) is 23.3 Å². The Balaban J connectivity index is 1.60. The molecule has 0 bridgehead atoms. The van der Waals surface area contributed by atoms with E-state index in [-0.39, 0.29) is 11.4 Å². The Kier molecular flexibility index (Phi) is 4.52. The van der Waals surface area contributed by atoms with E-state index in [0.29, 0.717) is 22.7 Å². The van der Waals surface area contributed by atoms with Gasteiger partial charge in [0.15, 0.2) is 11.5 Å². The summed E-state index contributed by atoms with van der Waals surface area (Å²) in [5, 5.41) is 6.95. The summed E-state index contributed by atoms with van der Waals surface area (Å²) >= 11 is 0. The Morgan fingerprint density at radius 1 is 1.07 bits per heavy atom. The highest BCUT2D eigenvalue weighted by Gasteiger charge is 2.18. The lowest BCUT2D eigenvalue weighted by atomic mass is 10.1. The molecule has 0 aliphatic carbocycles. The third-order valence-corrected chi connectivity index (χ3v) is 4.25. The average Bonchev–Trinajstić information content (AvgIpc) is 3.12. The summed E-state index contributed by atoms with van der Waals surface area (Å²) in [4.78, 5) is 20.9. The van der Waals surface area contributed by atoms with Crippen molar-refractivity contribution in [2.75, 3.05) is 0 Å². The first kappa shape index (κ1) is 17.7. The molecule has 0 aliphatic heterocycles. The number of carbonyl (C=O) groups excluding carboxylic acids is 1. The Labute approximate surface area is 158 Å². The van der Waals surface area contributed by atoms with E-state index in [4.69, 9.17) is 0 Å². The lowest BCUT2D eigenvalue weighted by Crippen LogP contribution is -2.28. The molecule has 0 saturated heterocycles. The summed E-state index contributed by atoms with van der Waals surface area (Å²) in [7, 11) is 0. The van der Waals surface area contributed by atoms with Crippen molar-refractivity contribution in [3.63, 3.8) is 0 Å². The van der Waals surface area contributed by atoms with E-state index in [9.17, 15) is 13.6 Å². The van der Waals surface area contributed by atoms with E-state index >= 15 is 0 Å². The van der Waals surface area contributed by atoms with Crippen LogP contribution in [0.5, 0.6) is 0 Å². The molecule has 0 saturated carbocycles. The van der Waals surface area contributed by atoms with Crippen molar-refractivity contribution in [3.05, 3.63) is 83.9 Å². The van der Waals surface area contributed by atoms with Crippen LogP contribution in [0.15, 0.2) is 60.9 Å². The van der Waals surface area contributed by atoms with Gasteiger partial charge in [0, 0.05) is 11.6 Å². The van der Waals surface area contributed by atoms with Gasteiger partial charge >= 0.3 is 0 Å². The maximum atomic E-state index is 14.0. The van der Waals surface area contributed by atoms with Crippen molar-refractivity contribution in [1.29, 1.82) is 0 Å². The summed E-state index contributed by atoms with van der Waals surface area (Å²) in [5.41, 5.74) is 1.18. The van der Waals surface area contributed by atoms with E-state index in [1.54, 1.807) is 37.3 Å². The number of fused-ring (bicyclic) bond motifs is 1. The molecule has 0 aliphatic rings. The van der Waals surface area contributed by atoms with Crippen LogP contribution in [-0.4, -0.2) is 25.5 Å². The van der Waals surface area contributed by atoms with Gasteiger partial charge in [-0.1, -0.05) is 24.3 Å². The van der Waals surface area contributed by atoms with Gasteiger partial charge in [0.05, 0.1) is 17.3 Å². The van der Waals surface area contributed by atoms with Gasteiger partial charge in [0.25, 0.3) is 5.91 Å². The summed E-state index contributed by atoms with van der Waals surface area (Å²) in [5.74, 6) is -1.22. The zero-order valence-corrected chi connectivity index (χ0v) is 14.8. The van der Waals surface area contributed by atoms with Crippen LogP contribution in [0.2, 0.25) is 0 Å².